The number of hydrogen-bond donors (Lipinski definition) is 1. The van der Waals surface area contributed by atoms with E-state index in [0.717, 1.165) is 13.0 Å². The Balaban J connectivity index is 2.44. The van der Waals surface area contributed by atoms with Gasteiger partial charge in [0.15, 0.2) is 0 Å². The van der Waals surface area contributed by atoms with Gasteiger partial charge in [0, 0.05) is 6.54 Å². The summed E-state index contributed by atoms with van der Waals surface area (Å²) in [4.78, 5) is 11.8. The SMILES string of the molecule is COc1nc(Cl)nc(NCCCC(C)C)n1. The van der Waals surface area contributed by atoms with E-state index >= 15 is 0 Å². The third kappa shape index (κ3) is 4.61. The molecule has 0 bridgehead atoms. The molecule has 0 atom stereocenters. The van der Waals surface area contributed by atoms with Crippen LogP contribution in [0.3, 0.4) is 0 Å². The van der Waals surface area contributed by atoms with Gasteiger partial charge in [-0.15, -0.1) is 0 Å². The van der Waals surface area contributed by atoms with Gasteiger partial charge in [-0.05, 0) is 30.4 Å². The van der Waals surface area contributed by atoms with Crippen LogP contribution in [0.2, 0.25) is 5.28 Å². The molecule has 0 radical (unpaired) electrons. The largest absolute Gasteiger partial charge is 0.467 e. The molecule has 90 valence electrons. The minimum absolute atomic E-state index is 0.137. The lowest BCUT2D eigenvalue weighted by atomic mass is 10.1. The van der Waals surface area contributed by atoms with Crippen LogP contribution in [0.5, 0.6) is 6.01 Å². The highest BCUT2D eigenvalue weighted by Gasteiger charge is 2.04. The standard InChI is InChI=1S/C10H17ClN4O/c1-7(2)5-4-6-12-9-13-8(11)14-10(15-9)16-3/h7H,4-6H2,1-3H3,(H,12,13,14,15). The molecule has 0 saturated carbocycles. The van der Waals surface area contributed by atoms with Crippen molar-refractivity contribution in [2.75, 3.05) is 19.0 Å². The van der Waals surface area contributed by atoms with E-state index in [2.05, 4.69) is 34.1 Å². The molecule has 0 aliphatic heterocycles. The normalized spacial score (nSPS) is 10.6. The van der Waals surface area contributed by atoms with Crippen LogP contribution in [0.4, 0.5) is 5.95 Å². The van der Waals surface area contributed by atoms with Crippen molar-refractivity contribution < 1.29 is 4.74 Å². The molecule has 1 aromatic rings. The van der Waals surface area contributed by atoms with E-state index < -0.39 is 0 Å². The summed E-state index contributed by atoms with van der Waals surface area (Å²) < 4.78 is 4.89. The molecule has 0 saturated heterocycles. The summed E-state index contributed by atoms with van der Waals surface area (Å²) in [5.74, 6) is 1.17. The number of aromatic nitrogens is 3. The first-order chi connectivity index (χ1) is 7.61. The fourth-order valence-electron chi connectivity index (χ4n) is 1.21. The number of methoxy groups -OCH3 is 1. The zero-order valence-electron chi connectivity index (χ0n) is 9.83. The lowest BCUT2D eigenvalue weighted by molar-refractivity contribution is 0.379. The minimum atomic E-state index is 0.137. The molecule has 1 heterocycles. The Hall–Kier alpha value is -1.10. The number of nitrogens with zero attached hydrogens (tertiary/aromatic N) is 3. The van der Waals surface area contributed by atoms with Gasteiger partial charge < -0.3 is 10.1 Å². The predicted molar refractivity (Wildman–Crippen MR) is 64.0 cm³/mol. The maximum atomic E-state index is 5.71. The molecule has 0 fully saturated rings. The lowest BCUT2D eigenvalue weighted by Gasteiger charge is -2.07. The molecule has 0 unspecified atom stereocenters. The Labute approximate surface area is 101 Å². The minimum Gasteiger partial charge on any atom is -0.467 e. The summed E-state index contributed by atoms with van der Waals surface area (Å²) in [5, 5.41) is 3.23. The summed E-state index contributed by atoms with van der Waals surface area (Å²) in [5.41, 5.74) is 0. The van der Waals surface area contributed by atoms with Crippen LogP contribution in [0.25, 0.3) is 0 Å². The van der Waals surface area contributed by atoms with Crippen molar-refractivity contribution in [3.63, 3.8) is 0 Å². The van der Waals surface area contributed by atoms with E-state index in [1.54, 1.807) is 0 Å². The Bertz CT molecular complexity index is 333. The van der Waals surface area contributed by atoms with E-state index in [4.69, 9.17) is 16.3 Å². The van der Waals surface area contributed by atoms with Crippen LogP contribution >= 0.6 is 11.6 Å². The summed E-state index contributed by atoms with van der Waals surface area (Å²) in [6.45, 7) is 5.22. The molecule has 1 rings (SSSR count). The van der Waals surface area contributed by atoms with Gasteiger partial charge >= 0.3 is 6.01 Å². The Morgan fingerprint density at radius 3 is 2.69 bits per heavy atom. The predicted octanol–water partition coefficient (Wildman–Crippen LogP) is 2.38. The molecule has 0 spiro atoms. The van der Waals surface area contributed by atoms with Gasteiger partial charge in [-0.25, -0.2) is 0 Å². The van der Waals surface area contributed by atoms with Crippen molar-refractivity contribution in [2.24, 2.45) is 5.92 Å². The summed E-state index contributed by atoms with van der Waals surface area (Å²) in [6, 6.07) is 0.228. The fourth-order valence-corrected chi connectivity index (χ4v) is 1.37. The zero-order valence-corrected chi connectivity index (χ0v) is 10.6. The molecule has 5 nitrogen and oxygen atoms in total. The summed E-state index contributed by atoms with van der Waals surface area (Å²) in [6.07, 6.45) is 2.24. The summed E-state index contributed by atoms with van der Waals surface area (Å²) in [7, 11) is 1.49. The molecule has 6 heteroatoms. The quantitative estimate of drug-likeness (QED) is 0.779. The molecule has 0 aromatic carbocycles. The van der Waals surface area contributed by atoms with Gasteiger partial charge in [0.2, 0.25) is 11.2 Å². The van der Waals surface area contributed by atoms with Gasteiger partial charge in [-0.1, -0.05) is 13.8 Å². The van der Waals surface area contributed by atoms with Crippen LogP contribution in [0, 0.1) is 5.92 Å². The van der Waals surface area contributed by atoms with Gasteiger partial charge in [0.1, 0.15) is 0 Å². The molecular weight excluding hydrogens is 228 g/mol. The van der Waals surface area contributed by atoms with E-state index in [-0.39, 0.29) is 11.3 Å². The number of hydrogen-bond acceptors (Lipinski definition) is 5. The van der Waals surface area contributed by atoms with E-state index in [1.165, 1.54) is 13.5 Å². The highest BCUT2D eigenvalue weighted by molar-refractivity contribution is 6.28. The van der Waals surface area contributed by atoms with Crippen LogP contribution in [0.15, 0.2) is 0 Å². The second-order valence-electron chi connectivity index (χ2n) is 3.88. The number of anilines is 1. The molecule has 1 aromatic heterocycles. The van der Waals surface area contributed by atoms with E-state index in [9.17, 15) is 0 Å². The first-order valence-corrected chi connectivity index (χ1v) is 5.69. The molecule has 0 amide bonds. The Morgan fingerprint density at radius 2 is 2.06 bits per heavy atom. The van der Waals surface area contributed by atoms with Crippen molar-refractivity contribution >= 4 is 17.5 Å². The maximum absolute atomic E-state index is 5.71. The molecular formula is C10H17ClN4O. The summed E-state index contributed by atoms with van der Waals surface area (Å²) >= 11 is 5.71. The van der Waals surface area contributed by atoms with Gasteiger partial charge in [-0.2, -0.15) is 15.0 Å². The van der Waals surface area contributed by atoms with Crippen LogP contribution in [-0.2, 0) is 0 Å². The third-order valence-electron chi connectivity index (χ3n) is 2.01. The number of halogens is 1. The maximum Gasteiger partial charge on any atom is 0.322 e. The monoisotopic (exact) mass is 244 g/mol. The molecule has 0 aliphatic rings. The number of ether oxygens (including phenoxy) is 1. The molecule has 0 aliphatic carbocycles. The number of nitrogens with one attached hydrogen (secondary N) is 1. The van der Waals surface area contributed by atoms with Crippen LogP contribution < -0.4 is 10.1 Å². The third-order valence-corrected chi connectivity index (χ3v) is 2.18. The van der Waals surface area contributed by atoms with Crippen LogP contribution in [-0.4, -0.2) is 28.6 Å². The molecule has 1 N–H and O–H groups in total. The molecule has 16 heavy (non-hydrogen) atoms. The first-order valence-electron chi connectivity index (χ1n) is 5.31. The van der Waals surface area contributed by atoms with Crippen LogP contribution in [0.1, 0.15) is 26.7 Å². The van der Waals surface area contributed by atoms with E-state index in [1.807, 2.05) is 0 Å². The number of rotatable bonds is 6. The average molecular weight is 245 g/mol. The van der Waals surface area contributed by atoms with E-state index in [0.29, 0.717) is 11.9 Å². The Morgan fingerprint density at radius 1 is 1.31 bits per heavy atom. The topological polar surface area (TPSA) is 59.9 Å². The smallest absolute Gasteiger partial charge is 0.322 e. The highest BCUT2D eigenvalue weighted by Crippen LogP contribution is 2.11. The van der Waals surface area contributed by atoms with Gasteiger partial charge in [0.25, 0.3) is 0 Å². The Kier molecular flexibility index (Phi) is 5.25. The van der Waals surface area contributed by atoms with Gasteiger partial charge in [-0.3, -0.25) is 0 Å². The fraction of sp³-hybridized carbons (Fsp3) is 0.700. The second-order valence-corrected chi connectivity index (χ2v) is 4.22. The van der Waals surface area contributed by atoms with Gasteiger partial charge in [0.05, 0.1) is 7.11 Å². The highest BCUT2D eigenvalue weighted by atomic mass is 35.5. The van der Waals surface area contributed by atoms with Crippen molar-refractivity contribution in [1.29, 1.82) is 0 Å². The van der Waals surface area contributed by atoms with Crippen molar-refractivity contribution in [3.05, 3.63) is 5.28 Å². The average Bonchev–Trinajstić information content (AvgIpc) is 2.23. The zero-order chi connectivity index (χ0) is 12.0. The van der Waals surface area contributed by atoms with Crippen molar-refractivity contribution in [1.82, 2.24) is 15.0 Å². The van der Waals surface area contributed by atoms with Crippen molar-refractivity contribution in [3.8, 4) is 6.01 Å². The van der Waals surface area contributed by atoms with Crippen molar-refractivity contribution in [2.45, 2.75) is 26.7 Å². The lowest BCUT2D eigenvalue weighted by Crippen LogP contribution is -2.08. The first kappa shape index (κ1) is 13.0. The second kappa shape index (κ2) is 6.48.